The lowest BCUT2D eigenvalue weighted by molar-refractivity contribution is 0.102. The number of aryl methyl sites for hydroxylation is 2. The predicted molar refractivity (Wildman–Crippen MR) is 82.7 cm³/mol. The van der Waals surface area contributed by atoms with Gasteiger partial charge in [-0.05, 0) is 19.1 Å². The summed E-state index contributed by atoms with van der Waals surface area (Å²) in [6.07, 6.45) is 1.66. The Bertz CT molecular complexity index is 841. The minimum absolute atomic E-state index is 0.236. The second-order valence-electron chi connectivity index (χ2n) is 4.84. The van der Waals surface area contributed by atoms with Gasteiger partial charge in [-0.1, -0.05) is 29.3 Å². The minimum Gasteiger partial charge on any atom is -0.334 e. The Hall–Kier alpha value is -2.40. The first kappa shape index (κ1) is 13.6. The highest BCUT2D eigenvalue weighted by Gasteiger charge is 2.13. The van der Waals surface area contributed by atoms with E-state index in [2.05, 4.69) is 15.3 Å². The highest BCUT2D eigenvalue weighted by atomic mass is 35.5. The third-order valence-corrected chi connectivity index (χ3v) is 3.39. The largest absolute Gasteiger partial charge is 0.334 e. The average Bonchev–Trinajstić information content (AvgIpc) is 2.80. The van der Waals surface area contributed by atoms with Gasteiger partial charge in [0.25, 0.3) is 5.91 Å². The van der Waals surface area contributed by atoms with Crippen LogP contribution in [-0.4, -0.2) is 20.4 Å². The van der Waals surface area contributed by atoms with E-state index in [0.717, 1.165) is 11.1 Å². The van der Waals surface area contributed by atoms with Crippen LogP contribution in [0.4, 0.5) is 5.82 Å². The Morgan fingerprint density at radius 2 is 2.14 bits per heavy atom. The first-order valence-corrected chi connectivity index (χ1v) is 6.78. The summed E-state index contributed by atoms with van der Waals surface area (Å²) in [5.74, 6) is 0.130. The molecule has 0 unspecified atom stereocenters. The summed E-state index contributed by atoms with van der Waals surface area (Å²) in [5.41, 5.74) is 3.02. The van der Waals surface area contributed by atoms with Crippen LogP contribution in [0, 0.1) is 6.92 Å². The van der Waals surface area contributed by atoms with Crippen molar-refractivity contribution in [3.8, 4) is 0 Å². The second-order valence-corrected chi connectivity index (χ2v) is 5.23. The summed E-state index contributed by atoms with van der Waals surface area (Å²) >= 11 is 6.00. The van der Waals surface area contributed by atoms with E-state index in [1.165, 1.54) is 0 Å². The Labute approximate surface area is 126 Å². The van der Waals surface area contributed by atoms with Crippen LogP contribution in [0.25, 0.3) is 11.0 Å². The Morgan fingerprint density at radius 1 is 1.33 bits per heavy atom. The van der Waals surface area contributed by atoms with Crippen molar-refractivity contribution >= 4 is 34.4 Å². The van der Waals surface area contributed by atoms with Crippen LogP contribution < -0.4 is 5.32 Å². The van der Waals surface area contributed by atoms with E-state index in [-0.39, 0.29) is 5.91 Å². The van der Waals surface area contributed by atoms with E-state index in [4.69, 9.17) is 11.6 Å². The fourth-order valence-corrected chi connectivity index (χ4v) is 2.34. The average molecular weight is 301 g/mol. The van der Waals surface area contributed by atoms with Gasteiger partial charge in [0.2, 0.25) is 0 Å². The molecule has 106 valence electrons. The van der Waals surface area contributed by atoms with Gasteiger partial charge in [-0.25, -0.2) is 9.97 Å². The van der Waals surface area contributed by atoms with Crippen LogP contribution in [0.3, 0.4) is 0 Å². The van der Waals surface area contributed by atoms with E-state index < -0.39 is 0 Å². The molecule has 0 aliphatic heterocycles. The summed E-state index contributed by atoms with van der Waals surface area (Å²) in [7, 11) is 1.86. The van der Waals surface area contributed by atoms with Gasteiger partial charge in [0, 0.05) is 18.7 Å². The number of nitrogens with one attached hydrogen (secondary N) is 1. The molecule has 2 heterocycles. The molecule has 0 spiro atoms. The van der Waals surface area contributed by atoms with Crippen molar-refractivity contribution in [2.75, 3.05) is 5.32 Å². The lowest BCUT2D eigenvalue weighted by Gasteiger charge is -2.07. The van der Waals surface area contributed by atoms with Gasteiger partial charge in [0.15, 0.2) is 5.82 Å². The Morgan fingerprint density at radius 3 is 2.90 bits per heavy atom. The third kappa shape index (κ3) is 2.60. The molecule has 3 aromatic rings. The molecule has 21 heavy (non-hydrogen) atoms. The summed E-state index contributed by atoms with van der Waals surface area (Å²) in [4.78, 5) is 20.7. The van der Waals surface area contributed by atoms with Gasteiger partial charge in [-0.2, -0.15) is 0 Å². The number of aromatic nitrogens is 3. The molecule has 0 atom stereocenters. The number of halogens is 1. The molecule has 0 bridgehead atoms. The van der Waals surface area contributed by atoms with Crippen molar-refractivity contribution in [3.05, 3.63) is 52.9 Å². The molecule has 5 nitrogen and oxygen atoms in total. The van der Waals surface area contributed by atoms with Gasteiger partial charge >= 0.3 is 0 Å². The van der Waals surface area contributed by atoms with Crippen molar-refractivity contribution in [3.63, 3.8) is 0 Å². The fraction of sp³-hybridized carbons (Fsp3) is 0.133. The fourth-order valence-electron chi connectivity index (χ4n) is 2.15. The molecule has 0 saturated heterocycles. The molecule has 0 saturated carbocycles. The monoisotopic (exact) mass is 300 g/mol. The van der Waals surface area contributed by atoms with Crippen molar-refractivity contribution in [1.29, 1.82) is 0 Å². The molecule has 1 aromatic carbocycles. The summed E-state index contributed by atoms with van der Waals surface area (Å²) in [5, 5.41) is 3.08. The molecule has 0 fully saturated rings. The number of fused-ring (bicyclic) bond motifs is 1. The van der Waals surface area contributed by atoms with Crippen LogP contribution >= 0.6 is 11.6 Å². The lowest BCUT2D eigenvalue weighted by atomic mass is 10.1. The molecule has 1 amide bonds. The number of imidazole rings is 1. The van der Waals surface area contributed by atoms with Gasteiger partial charge in [-0.15, -0.1) is 0 Å². The molecular formula is C15H13ClN4O. The summed E-state index contributed by atoms with van der Waals surface area (Å²) in [6.45, 7) is 1.94. The highest BCUT2D eigenvalue weighted by molar-refractivity contribution is 6.30. The second kappa shape index (κ2) is 5.18. The van der Waals surface area contributed by atoms with Gasteiger partial charge in [0.1, 0.15) is 10.7 Å². The number of nitrogens with zero attached hydrogens (tertiary/aromatic N) is 3. The zero-order valence-electron chi connectivity index (χ0n) is 11.6. The number of pyridine rings is 1. The van der Waals surface area contributed by atoms with Crippen molar-refractivity contribution in [2.24, 2.45) is 7.05 Å². The number of carbonyl (C=O) groups excluding carboxylic acids is 1. The maximum atomic E-state index is 12.3. The molecule has 0 radical (unpaired) electrons. The van der Waals surface area contributed by atoms with Crippen molar-refractivity contribution in [1.82, 2.24) is 14.5 Å². The van der Waals surface area contributed by atoms with E-state index in [0.29, 0.717) is 22.1 Å². The minimum atomic E-state index is -0.236. The molecular weight excluding hydrogens is 288 g/mol. The van der Waals surface area contributed by atoms with Crippen molar-refractivity contribution in [2.45, 2.75) is 6.92 Å². The number of rotatable bonds is 2. The van der Waals surface area contributed by atoms with Crippen LogP contribution in [0.15, 0.2) is 36.7 Å². The Balaban J connectivity index is 2.00. The standard InChI is InChI=1S/C15H13ClN4O/c1-9-4-3-5-10(6-9)15(21)19-14-13-11(7-12(16)18-14)20(2)8-17-13/h3-8H,1-2H3,(H,18,19,21). The van der Waals surface area contributed by atoms with Gasteiger partial charge < -0.3 is 9.88 Å². The zero-order valence-corrected chi connectivity index (χ0v) is 12.3. The molecule has 1 N–H and O–H groups in total. The smallest absolute Gasteiger partial charge is 0.256 e. The number of hydrogen-bond donors (Lipinski definition) is 1. The van der Waals surface area contributed by atoms with Crippen LogP contribution in [-0.2, 0) is 7.05 Å². The quantitative estimate of drug-likeness (QED) is 0.739. The van der Waals surface area contributed by atoms with Crippen LogP contribution in [0.2, 0.25) is 5.15 Å². The van der Waals surface area contributed by atoms with E-state index in [1.54, 1.807) is 18.5 Å². The number of carbonyl (C=O) groups is 1. The topological polar surface area (TPSA) is 59.8 Å². The molecule has 6 heteroatoms. The summed E-state index contributed by atoms with van der Waals surface area (Å²) < 4.78 is 1.82. The van der Waals surface area contributed by atoms with E-state index in [1.807, 2.05) is 36.7 Å². The number of amides is 1. The molecule has 3 rings (SSSR count). The zero-order chi connectivity index (χ0) is 15.0. The SMILES string of the molecule is Cc1cccc(C(=O)Nc2nc(Cl)cc3c2ncn3C)c1. The van der Waals surface area contributed by atoms with Crippen LogP contribution in [0.5, 0.6) is 0 Å². The first-order chi connectivity index (χ1) is 10.0. The maximum absolute atomic E-state index is 12.3. The van der Waals surface area contributed by atoms with Crippen LogP contribution in [0.1, 0.15) is 15.9 Å². The molecule has 2 aromatic heterocycles. The third-order valence-electron chi connectivity index (χ3n) is 3.19. The summed E-state index contributed by atoms with van der Waals surface area (Å²) in [6, 6.07) is 9.06. The number of hydrogen-bond acceptors (Lipinski definition) is 3. The van der Waals surface area contributed by atoms with Gasteiger partial charge in [-0.3, -0.25) is 4.79 Å². The normalized spacial score (nSPS) is 10.8. The number of anilines is 1. The van der Waals surface area contributed by atoms with E-state index >= 15 is 0 Å². The first-order valence-electron chi connectivity index (χ1n) is 6.40. The highest BCUT2D eigenvalue weighted by Crippen LogP contribution is 2.23. The van der Waals surface area contributed by atoms with Gasteiger partial charge in [0.05, 0.1) is 11.8 Å². The maximum Gasteiger partial charge on any atom is 0.256 e. The predicted octanol–water partition coefficient (Wildman–Crippen LogP) is 3.18. The van der Waals surface area contributed by atoms with E-state index in [9.17, 15) is 4.79 Å². The number of benzene rings is 1. The van der Waals surface area contributed by atoms with Crippen molar-refractivity contribution < 1.29 is 4.79 Å². The molecule has 0 aliphatic rings. The Kier molecular flexibility index (Phi) is 3.35. The lowest BCUT2D eigenvalue weighted by Crippen LogP contribution is -2.13. The molecule has 0 aliphatic carbocycles.